The van der Waals surface area contributed by atoms with Crippen molar-refractivity contribution in [2.45, 2.75) is 44.4 Å². The highest BCUT2D eigenvalue weighted by atomic mass is 32.1. The molecule has 5 nitrogen and oxygen atoms in total. The predicted octanol–water partition coefficient (Wildman–Crippen LogP) is 2.47. The second-order valence-electron chi connectivity index (χ2n) is 6.44. The third-order valence-corrected chi connectivity index (χ3v) is 5.90. The van der Waals surface area contributed by atoms with Gasteiger partial charge in [0.2, 0.25) is 0 Å². The number of aryl methyl sites for hydroxylation is 1. The summed E-state index contributed by atoms with van der Waals surface area (Å²) in [7, 11) is 1.82. The Morgan fingerprint density at radius 3 is 3.23 bits per heavy atom. The van der Waals surface area contributed by atoms with E-state index < -0.39 is 0 Å². The van der Waals surface area contributed by atoms with Crippen LogP contribution in [0.15, 0.2) is 11.6 Å². The number of nitrogens with zero attached hydrogens (tertiary/aromatic N) is 3. The van der Waals surface area contributed by atoms with Gasteiger partial charge in [-0.3, -0.25) is 9.30 Å². The summed E-state index contributed by atoms with van der Waals surface area (Å²) in [5, 5.41) is 2.10. The van der Waals surface area contributed by atoms with E-state index in [1.807, 2.05) is 7.11 Å². The van der Waals surface area contributed by atoms with Crippen molar-refractivity contribution in [1.82, 2.24) is 14.3 Å². The third-order valence-electron chi connectivity index (χ3n) is 5.14. The summed E-state index contributed by atoms with van der Waals surface area (Å²) in [6.07, 6.45) is 5.66. The molecule has 2 aromatic rings. The van der Waals surface area contributed by atoms with Gasteiger partial charge < -0.3 is 9.47 Å². The smallest absolute Gasteiger partial charge is 0.194 e. The van der Waals surface area contributed by atoms with E-state index in [1.165, 1.54) is 5.69 Å². The van der Waals surface area contributed by atoms with Crippen LogP contribution in [0.4, 0.5) is 0 Å². The molecule has 0 aromatic carbocycles. The van der Waals surface area contributed by atoms with Crippen LogP contribution in [0.2, 0.25) is 0 Å². The number of imidazole rings is 1. The van der Waals surface area contributed by atoms with Gasteiger partial charge in [-0.15, -0.1) is 11.3 Å². The number of piperidine rings is 1. The van der Waals surface area contributed by atoms with Crippen molar-refractivity contribution in [2.24, 2.45) is 0 Å². The molecule has 0 amide bonds. The molecule has 0 N–H and O–H groups in total. The van der Waals surface area contributed by atoms with Gasteiger partial charge in [0, 0.05) is 44.9 Å². The van der Waals surface area contributed by atoms with Crippen molar-refractivity contribution in [3.05, 3.63) is 23.0 Å². The SMILES string of the molecule is CO[C@H]1CCN(Cc2c(C)nc3sccn23)C[C@@]12CCCO2. The number of ether oxygens (including phenoxy) is 2. The normalized spacial score (nSPS) is 29.8. The van der Waals surface area contributed by atoms with Crippen LogP contribution in [0, 0.1) is 6.92 Å². The molecule has 2 atom stereocenters. The van der Waals surface area contributed by atoms with Crippen LogP contribution in [-0.4, -0.2) is 52.8 Å². The van der Waals surface area contributed by atoms with Crippen LogP contribution < -0.4 is 0 Å². The Kier molecular flexibility index (Phi) is 3.72. The van der Waals surface area contributed by atoms with Gasteiger partial charge in [-0.25, -0.2) is 4.98 Å². The summed E-state index contributed by atoms with van der Waals surface area (Å²) >= 11 is 1.70. The molecule has 2 aliphatic heterocycles. The van der Waals surface area contributed by atoms with Gasteiger partial charge in [0.25, 0.3) is 0 Å². The Balaban J connectivity index is 1.56. The van der Waals surface area contributed by atoms with Crippen molar-refractivity contribution >= 4 is 16.3 Å². The minimum Gasteiger partial charge on any atom is -0.378 e. The molecule has 0 saturated carbocycles. The highest BCUT2D eigenvalue weighted by molar-refractivity contribution is 7.15. The summed E-state index contributed by atoms with van der Waals surface area (Å²) in [6.45, 7) is 5.93. The van der Waals surface area contributed by atoms with Crippen molar-refractivity contribution in [2.75, 3.05) is 26.8 Å². The summed E-state index contributed by atoms with van der Waals surface area (Å²) < 4.78 is 14.1. The molecule has 0 aliphatic carbocycles. The molecule has 6 heteroatoms. The third kappa shape index (κ3) is 2.29. The molecular formula is C16H23N3O2S. The Hall–Kier alpha value is -0.950. The standard InChI is InChI=1S/C16H23N3O2S/c1-12-13(19-7-9-22-15(19)17-12)10-18-6-4-14(20-2)16(11-18)5-3-8-21-16/h7,9,14H,3-6,8,10-11H2,1-2H3/t14-,16-/m0/s1. The van der Waals surface area contributed by atoms with Crippen LogP contribution in [-0.2, 0) is 16.0 Å². The van der Waals surface area contributed by atoms with Crippen LogP contribution in [0.5, 0.6) is 0 Å². The first kappa shape index (κ1) is 14.6. The van der Waals surface area contributed by atoms with E-state index in [1.54, 1.807) is 11.3 Å². The van der Waals surface area contributed by atoms with Gasteiger partial charge in [-0.05, 0) is 26.2 Å². The lowest BCUT2D eigenvalue weighted by Crippen LogP contribution is -2.56. The average Bonchev–Trinajstić information content (AvgIpc) is 3.20. The summed E-state index contributed by atoms with van der Waals surface area (Å²) in [4.78, 5) is 8.26. The van der Waals surface area contributed by atoms with Crippen LogP contribution in [0.3, 0.4) is 0 Å². The van der Waals surface area contributed by atoms with Gasteiger partial charge in [-0.2, -0.15) is 0 Å². The fraction of sp³-hybridized carbons (Fsp3) is 0.688. The summed E-state index contributed by atoms with van der Waals surface area (Å²) in [6, 6.07) is 0. The van der Waals surface area contributed by atoms with E-state index >= 15 is 0 Å². The van der Waals surface area contributed by atoms with Crippen molar-refractivity contribution in [3.8, 4) is 0 Å². The number of methoxy groups -OCH3 is 1. The zero-order valence-electron chi connectivity index (χ0n) is 13.2. The second-order valence-corrected chi connectivity index (χ2v) is 7.31. The van der Waals surface area contributed by atoms with E-state index in [4.69, 9.17) is 9.47 Å². The van der Waals surface area contributed by atoms with E-state index in [0.29, 0.717) is 0 Å². The second kappa shape index (κ2) is 5.60. The first-order valence-electron chi connectivity index (χ1n) is 8.02. The first-order chi connectivity index (χ1) is 10.7. The molecule has 22 heavy (non-hydrogen) atoms. The quantitative estimate of drug-likeness (QED) is 0.870. The van der Waals surface area contributed by atoms with E-state index in [-0.39, 0.29) is 11.7 Å². The maximum Gasteiger partial charge on any atom is 0.194 e. The van der Waals surface area contributed by atoms with E-state index in [9.17, 15) is 0 Å². The maximum atomic E-state index is 6.15. The zero-order valence-corrected chi connectivity index (χ0v) is 14.1. The monoisotopic (exact) mass is 321 g/mol. The van der Waals surface area contributed by atoms with Gasteiger partial charge >= 0.3 is 0 Å². The van der Waals surface area contributed by atoms with Gasteiger partial charge in [0.1, 0.15) is 5.60 Å². The average molecular weight is 321 g/mol. The number of fused-ring (bicyclic) bond motifs is 1. The molecule has 2 saturated heterocycles. The van der Waals surface area contributed by atoms with Gasteiger partial charge in [-0.1, -0.05) is 0 Å². The summed E-state index contributed by atoms with van der Waals surface area (Å²) in [5.41, 5.74) is 2.35. The molecular weight excluding hydrogens is 298 g/mol. The van der Waals surface area contributed by atoms with Crippen LogP contribution in [0.25, 0.3) is 4.96 Å². The fourth-order valence-electron chi connectivity index (χ4n) is 4.03. The lowest BCUT2D eigenvalue weighted by molar-refractivity contribution is -0.145. The molecule has 4 heterocycles. The fourth-order valence-corrected chi connectivity index (χ4v) is 4.81. The maximum absolute atomic E-state index is 6.15. The molecule has 0 radical (unpaired) electrons. The lowest BCUT2D eigenvalue weighted by Gasteiger charge is -2.44. The highest BCUT2D eigenvalue weighted by Crippen LogP contribution is 2.37. The Morgan fingerprint density at radius 2 is 2.45 bits per heavy atom. The highest BCUT2D eigenvalue weighted by Gasteiger charge is 2.47. The first-order valence-corrected chi connectivity index (χ1v) is 8.90. The van der Waals surface area contributed by atoms with Gasteiger partial charge in [0.15, 0.2) is 4.96 Å². The molecule has 4 rings (SSSR count). The number of likely N-dealkylation sites (tertiary alicyclic amines) is 1. The molecule has 0 bridgehead atoms. The van der Waals surface area contributed by atoms with Crippen LogP contribution in [0.1, 0.15) is 30.7 Å². The minimum absolute atomic E-state index is 0.0979. The molecule has 120 valence electrons. The molecule has 2 aliphatic rings. The van der Waals surface area contributed by atoms with Crippen molar-refractivity contribution in [1.29, 1.82) is 0 Å². The number of aromatic nitrogens is 2. The molecule has 0 unspecified atom stereocenters. The predicted molar refractivity (Wildman–Crippen MR) is 86.4 cm³/mol. The Labute approximate surface area is 134 Å². The Morgan fingerprint density at radius 1 is 1.55 bits per heavy atom. The molecule has 2 fully saturated rings. The largest absolute Gasteiger partial charge is 0.378 e. The number of hydrogen-bond acceptors (Lipinski definition) is 5. The molecule has 2 aromatic heterocycles. The topological polar surface area (TPSA) is 39.0 Å². The minimum atomic E-state index is -0.0979. The van der Waals surface area contributed by atoms with E-state index in [2.05, 4.69) is 32.8 Å². The van der Waals surface area contributed by atoms with Crippen molar-refractivity contribution in [3.63, 3.8) is 0 Å². The summed E-state index contributed by atoms with van der Waals surface area (Å²) in [5.74, 6) is 0. The van der Waals surface area contributed by atoms with Crippen molar-refractivity contribution < 1.29 is 9.47 Å². The van der Waals surface area contributed by atoms with Gasteiger partial charge in [0.05, 0.1) is 17.5 Å². The number of hydrogen-bond donors (Lipinski definition) is 0. The lowest BCUT2D eigenvalue weighted by atomic mass is 9.86. The van der Waals surface area contributed by atoms with E-state index in [0.717, 1.165) is 56.2 Å². The Bertz CT molecular complexity index is 659. The number of rotatable bonds is 3. The van der Waals surface area contributed by atoms with Crippen LogP contribution >= 0.6 is 11.3 Å². The molecule has 1 spiro atoms. The number of thiazole rings is 1. The zero-order chi connectivity index (χ0) is 15.2.